The molecule has 0 aliphatic carbocycles. The zero-order valence-corrected chi connectivity index (χ0v) is 12.6. The number of hydrogen-bond donors (Lipinski definition) is 1. The minimum Gasteiger partial charge on any atom is -0.495 e. The van der Waals surface area contributed by atoms with Gasteiger partial charge in [0.15, 0.2) is 0 Å². The molecule has 0 fully saturated rings. The molecule has 0 aliphatic rings. The number of ether oxygens (including phenoxy) is 2. The Hall–Kier alpha value is -2.96. The largest absolute Gasteiger partial charge is 0.573 e. The fourth-order valence-corrected chi connectivity index (χ4v) is 1.92. The zero-order valence-electron chi connectivity index (χ0n) is 12.6. The maximum absolute atomic E-state index is 12.4. The van der Waals surface area contributed by atoms with Gasteiger partial charge in [0.1, 0.15) is 11.5 Å². The Morgan fingerprint density at radius 2 is 1.67 bits per heavy atom. The first-order chi connectivity index (χ1) is 11.4. The smallest absolute Gasteiger partial charge is 0.495 e. The van der Waals surface area contributed by atoms with Crippen LogP contribution < -0.4 is 14.8 Å². The lowest BCUT2D eigenvalue weighted by molar-refractivity contribution is -0.274. The van der Waals surface area contributed by atoms with Crippen LogP contribution in [0.5, 0.6) is 11.5 Å². The Labute approximate surface area is 136 Å². The summed E-state index contributed by atoms with van der Waals surface area (Å²) in [7, 11) is 1.46. The van der Waals surface area contributed by atoms with Crippen LogP contribution in [0.1, 0.15) is 5.56 Å². The molecule has 2 aromatic rings. The summed E-state index contributed by atoms with van der Waals surface area (Å²) in [5, 5.41) is 2.59. The lowest BCUT2D eigenvalue weighted by Crippen LogP contribution is -2.17. The maximum Gasteiger partial charge on any atom is 0.573 e. The van der Waals surface area contributed by atoms with Crippen LogP contribution in [0.2, 0.25) is 0 Å². The van der Waals surface area contributed by atoms with E-state index in [4.69, 9.17) is 4.74 Å². The Kier molecular flexibility index (Phi) is 5.47. The number of hydrogen-bond acceptors (Lipinski definition) is 3. The first-order valence-corrected chi connectivity index (χ1v) is 6.86. The molecule has 126 valence electrons. The summed E-state index contributed by atoms with van der Waals surface area (Å²) in [6.45, 7) is 0. The SMILES string of the molecule is COc1ccccc1NC(=O)/C=C/c1ccccc1OC(F)(F)F. The number of alkyl halides is 3. The third kappa shape index (κ3) is 5.05. The van der Waals surface area contributed by atoms with Crippen LogP contribution in [-0.2, 0) is 4.79 Å². The molecular formula is C17H14F3NO3. The number of carbonyl (C=O) groups is 1. The van der Waals surface area contributed by atoms with Gasteiger partial charge in [0.25, 0.3) is 0 Å². The van der Waals surface area contributed by atoms with Gasteiger partial charge < -0.3 is 14.8 Å². The quantitative estimate of drug-likeness (QED) is 0.830. The van der Waals surface area contributed by atoms with Gasteiger partial charge in [0.05, 0.1) is 12.8 Å². The van der Waals surface area contributed by atoms with Crippen molar-refractivity contribution in [1.82, 2.24) is 0 Å². The molecule has 7 heteroatoms. The van der Waals surface area contributed by atoms with E-state index >= 15 is 0 Å². The summed E-state index contributed by atoms with van der Waals surface area (Å²) in [5.74, 6) is -0.423. The molecule has 4 nitrogen and oxygen atoms in total. The number of carbonyl (C=O) groups excluding carboxylic acids is 1. The van der Waals surface area contributed by atoms with Crippen molar-refractivity contribution >= 4 is 17.7 Å². The average Bonchev–Trinajstić information content (AvgIpc) is 2.53. The van der Waals surface area contributed by atoms with Crippen LogP contribution in [0.4, 0.5) is 18.9 Å². The Balaban J connectivity index is 2.12. The molecule has 0 spiro atoms. The fourth-order valence-electron chi connectivity index (χ4n) is 1.92. The summed E-state index contributed by atoms with van der Waals surface area (Å²) in [5.41, 5.74) is 0.583. The second-order valence-electron chi connectivity index (χ2n) is 4.61. The number of amides is 1. The Bertz CT molecular complexity index is 742. The minimum absolute atomic E-state index is 0.130. The molecule has 1 amide bonds. The molecule has 0 aliphatic heterocycles. The van der Waals surface area contributed by atoms with Crippen molar-refractivity contribution in [1.29, 1.82) is 0 Å². The van der Waals surface area contributed by atoms with Crippen molar-refractivity contribution in [3.05, 3.63) is 60.2 Å². The molecular weight excluding hydrogens is 323 g/mol. The van der Waals surface area contributed by atoms with E-state index in [9.17, 15) is 18.0 Å². The van der Waals surface area contributed by atoms with Gasteiger partial charge in [-0.25, -0.2) is 0 Å². The number of benzene rings is 2. The predicted molar refractivity (Wildman–Crippen MR) is 83.8 cm³/mol. The highest BCUT2D eigenvalue weighted by molar-refractivity contribution is 6.02. The second kappa shape index (κ2) is 7.54. The lowest BCUT2D eigenvalue weighted by atomic mass is 10.2. The number of rotatable bonds is 5. The summed E-state index contributed by atoms with van der Waals surface area (Å²) < 4.78 is 46.1. The van der Waals surface area contributed by atoms with E-state index in [1.54, 1.807) is 30.3 Å². The summed E-state index contributed by atoms with van der Waals surface area (Å²) in [4.78, 5) is 11.9. The van der Waals surface area contributed by atoms with E-state index in [1.165, 1.54) is 31.4 Å². The van der Waals surface area contributed by atoms with Gasteiger partial charge in [-0.3, -0.25) is 4.79 Å². The lowest BCUT2D eigenvalue weighted by Gasteiger charge is -2.11. The number of para-hydroxylation sites is 3. The van der Waals surface area contributed by atoms with Crippen molar-refractivity contribution in [2.75, 3.05) is 12.4 Å². The van der Waals surface area contributed by atoms with Crippen molar-refractivity contribution in [3.63, 3.8) is 0 Å². The molecule has 0 radical (unpaired) electrons. The van der Waals surface area contributed by atoms with Crippen LogP contribution in [0.3, 0.4) is 0 Å². The second-order valence-corrected chi connectivity index (χ2v) is 4.61. The standard InChI is InChI=1S/C17H14F3NO3/c1-23-15-9-5-3-7-13(15)21-16(22)11-10-12-6-2-4-8-14(12)24-17(18,19)20/h2-11H,1H3,(H,21,22)/b11-10+. The summed E-state index contributed by atoms with van der Waals surface area (Å²) in [6, 6.07) is 12.3. The van der Waals surface area contributed by atoms with Gasteiger partial charge in [-0.2, -0.15) is 0 Å². The monoisotopic (exact) mass is 337 g/mol. The van der Waals surface area contributed by atoms with E-state index in [2.05, 4.69) is 10.1 Å². The van der Waals surface area contributed by atoms with E-state index in [0.717, 1.165) is 6.08 Å². The predicted octanol–water partition coefficient (Wildman–Crippen LogP) is 4.25. The molecule has 0 aromatic heterocycles. The molecule has 0 unspecified atom stereocenters. The molecule has 0 bridgehead atoms. The van der Waals surface area contributed by atoms with Gasteiger partial charge >= 0.3 is 6.36 Å². The Morgan fingerprint density at radius 3 is 2.33 bits per heavy atom. The highest BCUT2D eigenvalue weighted by Gasteiger charge is 2.31. The zero-order chi connectivity index (χ0) is 17.6. The molecule has 0 saturated carbocycles. The third-order valence-electron chi connectivity index (χ3n) is 2.92. The topological polar surface area (TPSA) is 47.6 Å². The average molecular weight is 337 g/mol. The van der Waals surface area contributed by atoms with Crippen molar-refractivity contribution in [2.24, 2.45) is 0 Å². The van der Waals surface area contributed by atoms with Crippen molar-refractivity contribution in [3.8, 4) is 11.5 Å². The van der Waals surface area contributed by atoms with Crippen LogP contribution in [0.25, 0.3) is 6.08 Å². The normalized spacial score (nSPS) is 11.3. The summed E-state index contributed by atoms with van der Waals surface area (Å²) in [6.07, 6.45) is -2.44. The molecule has 0 saturated heterocycles. The molecule has 24 heavy (non-hydrogen) atoms. The highest BCUT2D eigenvalue weighted by atomic mass is 19.4. The molecule has 0 atom stereocenters. The maximum atomic E-state index is 12.4. The first-order valence-electron chi connectivity index (χ1n) is 6.86. The van der Waals surface area contributed by atoms with E-state index < -0.39 is 12.3 Å². The van der Waals surface area contributed by atoms with Gasteiger partial charge in [-0.05, 0) is 24.3 Å². The van der Waals surface area contributed by atoms with E-state index in [-0.39, 0.29) is 11.3 Å². The molecule has 2 rings (SSSR count). The van der Waals surface area contributed by atoms with Gasteiger partial charge in [-0.15, -0.1) is 13.2 Å². The molecule has 1 N–H and O–H groups in total. The molecule has 2 aromatic carbocycles. The van der Waals surface area contributed by atoms with Gasteiger partial charge in [0.2, 0.25) is 5.91 Å². The van der Waals surface area contributed by atoms with E-state index in [1.807, 2.05) is 0 Å². The minimum atomic E-state index is -4.80. The van der Waals surface area contributed by atoms with Crippen molar-refractivity contribution in [2.45, 2.75) is 6.36 Å². The number of methoxy groups -OCH3 is 1. The highest BCUT2D eigenvalue weighted by Crippen LogP contribution is 2.27. The van der Waals surface area contributed by atoms with Crippen LogP contribution in [0.15, 0.2) is 54.6 Å². The Morgan fingerprint density at radius 1 is 1.04 bits per heavy atom. The third-order valence-corrected chi connectivity index (χ3v) is 2.92. The molecule has 0 heterocycles. The van der Waals surface area contributed by atoms with Crippen LogP contribution >= 0.6 is 0 Å². The number of nitrogens with one attached hydrogen (secondary N) is 1. The fraction of sp³-hybridized carbons (Fsp3) is 0.118. The summed E-state index contributed by atoms with van der Waals surface area (Å²) >= 11 is 0. The number of anilines is 1. The van der Waals surface area contributed by atoms with Crippen molar-refractivity contribution < 1.29 is 27.4 Å². The van der Waals surface area contributed by atoms with Gasteiger partial charge in [-0.1, -0.05) is 30.3 Å². The first kappa shape index (κ1) is 17.4. The number of halogens is 3. The van der Waals surface area contributed by atoms with Crippen LogP contribution in [-0.4, -0.2) is 19.4 Å². The van der Waals surface area contributed by atoms with Crippen LogP contribution in [0, 0.1) is 0 Å². The van der Waals surface area contributed by atoms with Gasteiger partial charge in [0, 0.05) is 11.6 Å². The van der Waals surface area contributed by atoms with E-state index in [0.29, 0.717) is 11.4 Å².